The van der Waals surface area contributed by atoms with Gasteiger partial charge >= 0.3 is 10.6 Å². The van der Waals surface area contributed by atoms with Gasteiger partial charge in [0.1, 0.15) is 4.75 Å². The smallest absolute Gasteiger partial charge is 0.369 e. The number of thioether (sulfide) groups is 2. The molecule has 4 rings (SSSR count). The van der Waals surface area contributed by atoms with Crippen LogP contribution < -0.4 is 9.47 Å². The zero-order chi connectivity index (χ0) is 25.8. The van der Waals surface area contributed by atoms with Gasteiger partial charge in [-0.15, -0.1) is 0 Å². The predicted molar refractivity (Wildman–Crippen MR) is 126 cm³/mol. The monoisotopic (exact) mass is 520 g/mol. The quantitative estimate of drug-likeness (QED) is 0.542. The number of nitrogens with zero attached hydrogens (tertiary/aromatic N) is 2. The number of rotatable bonds is 3. The fraction of sp³-hybridized carbons (Fsp3) is 0.522. The molecule has 2 aliphatic heterocycles. The Bertz CT molecular complexity index is 1170. The lowest BCUT2D eigenvalue weighted by molar-refractivity contribution is -0.151. The highest BCUT2D eigenvalue weighted by Crippen LogP contribution is 2.66. The number of benzene rings is 1. The number of ether oxygens (including phenoxy) is 4. The third kappa shape index (κ3) is 3.63. The number of carbonyl (C=O) groups is 4. The Balaban J connectivity index is 1.94. The molecule has 0 N–H and O–H groups in total. The van der Waals surface area contributed by atoms with Crippen molar-refractivity contribution in [1.82, 2.24) is 4.90 Å². The largest absolute Gasteiger partial charge is 0.461 e. The van der Waals surface area contributed by atoms with Crippen LogP contribution in [0, 0.1) is 22.7 Å². The molecular weight excluding hydrogens is 496 g/mol. The van der Waals surface area contributed by atoms with Crippen molar-refractivity contribution in [2.75, 3.05) is 28.1 Å². The van der Waals surface area contributed by atoms with Crippen LogP contribution >= 0.6 is 23.5 Å². The van der Waals surface area contributed by atoms with Crippen LogP contribution in [0.5, 0.6) is 11.5 Å². The highest BCUT2D eigenvalue weighted by molar-refractivity contribution is 8.15. The molecule has 2 unspecified atom stereocenters. The number of ketones is 1. The van der Waals surface area contributed by atoms with Gasteiger partial charge < -0.3 is 23.8 Å². The van der Waals surface area contributed by atoms with Gasteiger partial charge in [0, 0.05) is 13.0 Å². The molecule has 0 spiro atoms. The van der Waals surface area contributed by atoms with Crippen molar-refractivity contribution in [1.29, 1.82) is 5.26 Å². The predicted octanol–water partition coefficient (Wildman–Crippen LogP) is 3.54. The number of likely N-dealkylation sites (tertiary alicyclic amines) is 1. The lowest BCUT2D eigenvalue weighted by atomic mass is 9.70. The zero-order valence-corrected chi connectivity index (χ0v) is 21.4. The zero-order valence-electron chi connectivity index (χ0n) is 19.8. The number of likely N-dealkylation sites (N-methyl/N-ethyl adjacent to an activating group) is 1. The number of Topliss-reactive ketones (excluding diaryl/α,β-unsaturated/α-hetero) is 1. The van der Waals surface area contributed by atoms with Crippen molar-refractivity contribution in [3.8, 4) is 17.6 Å². The first kappa shape index (κ1) is 25.2. The Hall–Kier alpha value is -2.91. The molecule has 1 saturated heterocycles. The first-order chi connectivity index (χ1) is 16.5. The van der Waals surface area contributed by atoms with Crippen molar-refractivity contribution in [3.05, 3.63) is 23.8 Å². The second-order valence-electron chi connectivity index (χ2n) is 8.99. The minimum atomic E-state index is -1.62. The summed E-state index contributed by atoms with van der Waals surface area (Å²) in [4.78, 5) is 52.6. The number of hydrogen-bond acceptors (Lipinski definition) is 11. The summed E-state index contributed by atoms with van der Waals surface area (Å²) in [6.07, 6.45) is -0.0755. The molecule has 12 heteroatoms. The third-order valence-corrected chi connectivity index (χ3v) is 9.57. The van der Waals surface area contributed by atoms with E-state index in [1.807, 2.05) is 0 Å². The van der Waals surface area contributed by atoms with E-state index in [0.717, 1.165) is 0 Å². The highest BCUT2D eigenvalue weighted by atomic mass is 32.2. The summed E-state index contributed by atoms with van der Waals surface area (Å²) >= 11 is 1.20. The maximum absolute atomic E-state index is 14.3. The van der Waals surface area contributed by atoms with E-state index >= 15 is 0 Å². The van der Waals surface area contributed by atoms with Gasteiger partial charge in [-0.05, 0) is 61.5 Å². The summed E-state index contributed by atoms with van der Waals surface area (Å²) < 4.78 is 18.9. The molecule has 35 heavy (non-hydrogen) atoms. The molecule has 5 atom stereocenters. The van der Waals surface area contributed by atoms with Crippen molar-refractivity contribution >= 4 is 45.8 Å². The SMILES string of the molecule is COC(=O)SC12C[C@](C)(C#N)[C@H](c3ccc4c(c3)OCO4)C1C(=O)[C@](C)(SC(=O)OC)N(C)C2=O. The third-order valence-electron chi connectivity index (χ3n) is 7.09. The van der Waals surface area contributed by atoms with Gasteiger partial charge in [0.2, 0.25) is 12.7 Å². The number of nitriles is 1. The lowest BCUT2D eigenvalue weighted by Crippen LogP contribution is -2.67. The summed E-state index contributed by atoms with van der Waals surface area (Å²) in [5.74, 6) is -1.93. The van der Waals surface area contributed by atoms with Crippen molar-refractivity contribution in [2.45, 2.75) is 35.8 Å². The molecule has 186 valence electrons. The molecule has 3 aliphatic rings. The Morgan fingerprint density at radius 3 is 2.34 bits per heavy atom. The fourth-order valence-corrected chi connectivity index (χ4v) is 7.54. The Kier molecular flexibility index (Phi) is 6.22. The summed E-state index contributed by atoms with van der Waals surface area (Å²) in [6.45, 7) is 3.19. The van der Waals surface area contributed by atoms with Gasteiger partial charge in [0.15, 0.2) is 22.2 Å². The Morgan fingerprint density at radius 1 is 1.09 bits per heavy atom. The van der Waals surface area contributed by atoms with Crippen LogP contribution in [0.4, 0.5) is 9.59 Å². The topological polar surface area (TPSA) is 132 Å². The van der Waals surface area contributed by atoms with Crippen LogP contribution in [-0.2, 0) is 19.1 Å². The first-order valence-electron chi connectivity index (χ1n) is 10.6. The van der Waals surface area contributed by atoms with E-state index in [2.05, 4.69) is 6.07 Å². The van der Waals surface area contributed by atoms with Gasteiger partial charge in [-0.25, -0.2) is 9.59 Å². The molecule has 10 nitrogen and oxygen atoms in total. The summed E-state index contributed by atoms with van der Waals surface area (Å²) in [5.41, 5.74) is -0.626. The summed E-state index contributed by atoms with van der Waals surface area (Å²) in [5, 5.41) is 8.82. The summed E-state index contributed by atoms with van der Waals surface area (Å²) in [6, 6.07) is 7.42. The van der Waals surface area contributed by atoms with Crippen LogP contribution in [0.25, 0.3) is 0 Å². The average molecular weight is 521 g/mol. The minimum Gasteiger partial charge on any atom is -0.461 e. The number of hydrogen-bond donors (Lipinski definition) is 0. The number of fused-ring (bicyclic) bond motifs is 2. The average Bonchev–Trinajstić information content (AvgIpc) is 3.41. The Morgan fingerprint density at radius 2 is 1.71 bits per heavy atom. The second kappa shape index (κ2) is 8.64. The molecule has 0 radical (unpaired) electrons. The molecular formula is C23H24N2O8S2. The first-order valence-corrected chi connectivity index (χ1v) is 12.3. The maximum atomic E-state index is 14.3. The van der Waals surface area contributed by atoms with E-state index < -0.39 is 49.2 Å². The molecule has 2 heterocycles. The second-order valence-corrected chi connectivity index (χ2v) is 11.6. The Labute approximate surface area is 210 Å². The van der Waals surface area contributed by atoms with Crippen LogP contribution in [0.1, 0.15) is 31.7 Å². The van der Waals surface area contributed by atoms with Crippen molar-refractivity contribution < 1.29 is 38.1 Å². The number of carbonyl (C=O) groups excluding carboxylic acids is 4. The molecule has 1 aromatic rings. The van der Waals surface area contributed by atoms with Crippen LogP contribution in [0.2, 0.25) is 0 Å². The number of piperidine rings is 1. The van der Waals surface area contributed by atoms with E-state index in [9.17, 15) is 24.4 Å². The molecule has 1 amide bonds. The van der Waals surface area contributed by atoms with Crippen LogP contribution in [0.15, 0.2) is 18.2 Å². The maximum Gasteiger partial charge on any atom is 0.369 e. The van der Waals surface area contributed by atoms with E-state index in [-0.39, 0.29) is 13.2 Å². The minimum absolute atomic E-state index is 0.0422. The van der Waals surface area contributed by atoms with Crippen molar-refractivity contribution in [3.63, 3.8) is 0 Å². The normalized spacial score (nSPS) is 33.2. The van der Waals surface area contributed by atoms with Gasteiger partial charge in [0.05, 0.1) is 31.6 Å². The van der Waals surface area contributed by atoms with E-state index in [4.69, 9.17) is 18.9 Å². The van der Waals surface area contributed by atoms with Crippen LogP contribution in [-0.4, -0.2) is 64.9 Å². The molecule has 0 bridgehead atoms. The lowest BCUT2D eigenvalue weighted by Gasteiger charge is -2.49. The highest BCUT2D eigenvalue weighted by Gasteiger charge is 2.73. The fourth-order valence-electron chi connectivity index (χ4n) is 5.34. The van der Waals surface area contributed by atoms with E-state index in [0.29, 0.717) is 40.6 Å². The summed E-state index contributed by atoms with van der Waals surface area (Å²) in [7, 11) is 3.78. The molecule has 1 aromatic carbocycles. The standard InChI is InChI=1S/C23H24N2O8S2/c1-21(10-24)9-23(35-20(29)31-5)16(15(21)12-6-7-13-14(8-12)33-11-32-13)17(26)22(2,25(3)18(23)27)34-19(28)30-4/h6-8,15-16H,9,11H2,1-5H3/t15-,16?,21-,22+,23?/m1/s1. The molecule has 1 saturated carbocycles. The van der Waals surface area contributed by atoms with Gasteiger partial charge in [0.25, 0.3) is 0 Å². The van der Waals surface area contributed by atoms with E-state index in [1.54, 1.807) is 25.1 Å². The van der Waals surface area contributed by atoms with E-state index in [1.165, 1.54) is 33.1 Å². The molecule has 2 fully saturated rings. The van der Waals surface area contributed by atoms with Crippen molar-refractivity contribution in [2.24, 2.45) is 11.3 Å². The number of methoxy groups -OCH3 is 2. The van der Waals surface area contributed by atoms with Gasteiger partial charge in [-0.1, -0.05) is 6.07 Å². The van der Waals surface area contributed by atoms with Gasteiger partial charge in [-0.2, -0.15) is 5.26 Å². The van der Waals surface area contributed by atoms with Crippen LogP contribution in [0.3, 0.4) is 0 Å². The number of amides is 1. The molecule has 0 aromatic heterocycles. The van der Waals surface area contributed by atoms with Gasteiger partial charge in [-0.3, -0.25) is 9.59 Å². The molecule has 1 aliphatic carbocycles.